The number of alkyl halides is 1. The van der Waals surface area contributed by atoms with Crippen LogP contribution in [0.5, 0.6) is 0 Å². The van der Waals surface area contributed by atoms with Crippen molar-refractivity contribution in [1.82, 2.24) is 0 Å². The Bertz CT molecular complexity index is 325. The maximum absolute atomic E-state index is 13.0. The topological polar surface area (TPSA) is 12.4 Å². The van der Waals surface area contributed by atoms with E-state index < -0.39 is 27.3 Å². The molecule has 0 spiro atoms. The molecule has 0 fully saturated rings. The average Bonchev–Trinajstić information content (AvgIpc) is 2.16. The maximum Gasteiger partial charge on any atom is 0.213 e. The van der Waals surface area contributed by atoms with Gasteiger partial charge in [-0.05, 0) is 18.2 Å². The van der Waals surface area contributed by atoms with Crippen molar-refractivity contribution in [2.75, 3.05) is 0 Å². The van der Waals surface area contributed by atoms with Crippen LogP contribution in [0.15, 0.2) is 40.1 Å². The van der Waals surface area contributed by atoms with Crippen LogP contribution in [0.1, 0.15) is 0 Å². The summed E-state index contributed by atoms with van der Waals surface area (Å²) in [6.07, 6.45) is -0.270. The molecule has 0 saturated heterocycles. The molecule has 0 saturated carbocycles. The molecule has 0 bridgehead atoms. The summed E-state index contributed by atoms with van der Waals surface area (Å²) in [6.45, 7) is 3.25. The fraction of sp³-hybridized carbons (Fsp3) is 0.111. The van der Waals surface area contributed by atoms with Gasteiger partial charge in [0.15, 0.2) is 0 Å². The summed E-state index contributed by atoms with van der Waals surface area (Å²) in [5, 5.41) is 0. The standard InChI is InChI=1S/C9H8F2IN/c1-2-9(11)13-12-8-6-4-3-5-7(8)10/h2-6,9H,1H2. The second-order valence-corrected chi connectivity index (χ2v) is 4.41. The second-order valence-electron chi connectivity index (χ2n) is 2.20. The molecule has 0 aliphatic rings. The van der Waals surface area contributed by atoms with E-state index in [1.807, 2.05) is 0 Å². The highest BCUT2D eigenvalue weighted by Gasteiger charge is 1.98. The molecule has 0 amide bonds. The first-order valence-corrected chi connectivity index (χ1v) is 5.64. The number of benzene rings is 1. The van der Waals surface area contributed by atoms with Gasteiger partial charge in [0.1, 0.15) is 5.82 Å². The van der Waals surface area contributed by atoms with Gasteiger partial charge >= 0.3 is 0 Å². The Morgan fingerprint density at radius 3 is 2.77 bits per heavy atom. The lowest BCUT2D eigenvalue weighted by Crippen LogP contribution is -1.84. The van der Waals surface area contributed by atoms with E-state index in [9.17, 15) is 8.78 Å². The third-order valence-corrected chi connectivity index (χ3v) is 3.46. The summed E-state index contributed by atoms with van der Waals surface area (Å²) >= 11 is -0.938. The molecule has 0 heterocycles. The van der Waals surface area contributed by atoms with Gasteiger partial charge < -0.3 is 0 Å². The minimum atomic E-state index is -1.37. The molecule has 0 aliphatic heterocycles. The molecule has 1 aromatic rings. The molecule has 1 nitrogen and oxygen atoms in total. The zero-order chi connectivity index (χ0) is 9.68. The number of hydrogen-bond acceptors (Lipinski definition) is 1. The fourth-order valence-corrected chi connectivity index (χ4v) is 2.22. The molecular weight excluding hydrogens is 287 g/mol. The monoisotopic (exact) mass is 295 g/mol. The van der Waals surface area contributed by atoms with Crippen molar-refractivity contribution < 1.29 is 8.78 Å². The van der Waals surface area contributed by atoms with Gasteiger partial charge in [0.25, 0.3) is 0 Å². The van der Waals surface area contributed by atoms with Crippen molar-refractivity contribution in [3.63, 3.8) is 0 Å². The van der Waals surface area contributed by atoms with Crippen molar-refractivity contribution >= 4 is 21.0 Å². The average molecular weight is 295 g/mol. The normalized spacial score (nSPS) is 13.7. The lowest BCUT2D eigenvalue weighted by atomic mass is 10.4. The molecule has 1 unspecified atom stereocenters. The number of rotatable bonds is 3. The van der Waals surface area contributed by atoms with E-state index >= 15 is 0 Å². The smallest absolute Gasteiger partial charge is 0.213 e. The molecule has 0 radical (unpaired) electrons. The lowest BCUT2D eigenvalue weighted by Gasteiger charge is -1.94. The highest BCUT2D eigenvalue weighted by Crippen LogP contribution is 2.18. The first kappa shape index (κ1) is 10.4. The van der Waals surface area contributed by atoms with Gasteiger partial charge in [0.05, 0.1) is 3.57 Å². The predicted molar refractivity (Wildman–Crippen MR) is 56.6 cm³/mol. The largest absolute Gasteiger partial charge is 0.217 e. The van der Waals surface area contributed by atoms with E-state index in [0.29, 0.717) is 3.57 Å². The van der Waals surface area contributed by atoms with Gasteiger partial charge in [0.2, 0.25) is 6.30 Å². The summed E-state index contributed by atoms with van der Waals surface area (Å²) in [6, 6.07) is 6.30. The summed E-state index contributed by atoms with van der Waals surface area (Å²) in [7, 11) is 0. The molecule has 13 heavy (non-hydrogen) atoms. The first-order chi connectivity index (χ1) is 6.24. The number of nitrogens with zero attached hydrogens (tertiary/aromatic N) is 1. The number of halogens is 3. The maximum atomic E-state index is 13.0. The first-order valence-electron chi connectivity index (χ1n) is 3.59. The van der Waals surface area contributed by atoms with Crippen LogP contribution >= 0.6 is 21.0 Å². The van der Waals surface area contributed by atoms with Crippen LogP contribution in [0.25, 0.3) is 0 Å². The third kappa shape index (κ3) is 3.30. The van der Waals surface area contributed by atoms with Gasteiger partial charge in [-0.25, -0.2) is 11.9 Å². The van der Waals surface area contributed by atoms with E-state index in [1.165, 1.54) is 6.07 Å². The molecule has 4 heteroatoms. The molecule has 0 aromatic heterocycles. The van der Waals surface area contributed by atoms with Crippen LogP contribution in [0.3, 0.4) is 0 Å². The van der Waals surface area contributed by atoms with Gasteiger partial charge in [0, 0.05) is 21.0 Å². The number of hydrogen-bond donors (Lipinski definition) is 0. The second kappa shape index (κ2) is 5.16. The van der Waals surface area contributed by atoms with Crippen molar-refractivity contribution in [2.24, 2.45) is 3.15 Å². The summed E-state index contributed by atoms with van der Waals surface area (Å²) < 4.78 is 29.7. The molecule has 0 N–H and O–H groups in total. The van der Waals surface area contributed by atoms with Crippen molar-refractivity contribution in [1.29, 1.82) is 0 Å². The van der Waals surface area contributed by atoms with Gasteiger partial charge in [-0.2, -0.15) is 0 Å². The Balaban J connectivity index is 2.79. The fourth-order valence-electron chi connectivity index (χ4n) is 0.647. The Morgan fingerprint density at radius 1 is 1.46 bits per heavy atom. The van der Waals surface area contributed by atoms with E-state index in [2.05, 4.69) is 9.72 Å². The van der Waals surface area contributed by atoms with Crippen LogP contribution in [0, 0.1) is 9.39 Å². The molecule has 70 valence electrons. The Kier molecular flexibility index (Phi) is 4.14. The highest BCUT2D eigenvalue weighted by atomic mass is 127. The van der Waals surface area contributed by atoms with Gasteiger partial charge in [-0.3, -0.25) is 0 Å². The molecule has 0 aliphatic carbocycles. The minimum Gasteiger partial charge on any atom is -0.217 e. The quantitative estimate of drug-likeness (QED) is 0.459. The van der Waals surface area contributed by atoms with Gasteiger partial charge in [-0.1, -0.05) is 18.7 Å². The highest BCUT2D eigenvalue weighted by molar-refractivity contribution is 14.2. The molecular formula is C9H8F2IN. The van der Waals surface area contributed by atoms with Crippen LogP contribution < -0.4 is 0 Å². The van der Waals surface area contributed by atoms with E-state index in [1.54, 1.807) is 18.2 Å². The van der Waals surface area contributed by atoms with Gasteiger partial charge in [-0.15, -0.1) is 0 Å². The summed E-state index contributed by atoms with van der Waals surface area (Å²) in [5.74, 6) is -0.310. The van der Waals surface area contributed by atoms with Crippen molar-refractivity contribution in [3.05, 3.63) is 46.3 Å². The zero-order valence-corrected chi connectivity index (χ0v) is 8.91. The predicted octanol–water partition coefficient (Wildman–Crippen LogP) is 3.63. The summed E-state index contributed by atoms with van der Waals surface area (Å²) in [5.41, 5.74) is 0. The Labute approximate surface area is 85.6 Å². The molecule has 1 atom stereocenters. The SMILES string of the molecule is C=CC(F)N=Ic1ccccc1F. The minimum absolute atomic E-state index is 0.310. The van der Waals surface area contributed by atoms with Crippen LogP contribution in [0.4, 0.5) is 8.78 Å². The molecule has 1 aromatic carbocycles. The summed E-state index contributed by atoms with van der Waals surface area (Å²) in [4.78, 5) is 0. The molecule has 1 rings (SSSR count). The van der Waals surface area contributed by atoms with Crippen LogP contribution in [0.2, 0.25) is 0 Å². The Hall–Kier alpha value is -0.650. The zero-order valence-electron chi connectivity index (χ0n) is 6.75. The van der Waals surface area contributed by atoms with E-state index in [4.69, 9.17) is 0 Å². The van der Waals surface area contributed by atoms with Crippen LogP contribution in [-0.4, -0.2) is 6.30 Å². The van der Waals surface area contributed by atoms with Crippen molar-refractivity contribution in [3.8, 4) is 0 Å². The van der Waals surface area contributed by atoms with Crippen molar-refractivity contribution in [2.45, 2.75) is 6.30 Å². The van der Waals surface area contributed by atoms with E-state index in [0.717, 1.165) is 6.08 Å². The van der Waals surface area contributed by atoms with E-state index in [-0.39, 0.29) is 5.82 Å². The lowest BCUT2D eigenvalue weighted by molar-refractivity contribution is 0.423. The third-order valence-electron chi connectivity index (χ3n) is 1.25. The van der Waals surface area contributed by atoms with Crippen LogP contribution in [-0.2, 0) is 0 Å². The Morgan fingerprint density at radius 2 is 2.15 bits per heavy atom.